The summed E-state index contributed by atoms with van der Waals surface area (Å²) in [5, 5.41) is 3.96. The number of amides is 2. The lowest BCUT2D eigenvalue weighted by atomic mass is 10.1. The molecule has 0 spiro atoms. The molecule has 0 radical (unpaired) electrons. The Hall–Kier alpha value is -2.30. The smallest absolute Gasteiger partial charge is 0.254 e. The highest BCUT2D eigenvalue weighted by Crippen LogP contribution is 2.18. The second-order valence-corrected chi connectivity index (χ2v) is 5.22. The van der Waals surface area contributed by atoms with E-state index in [0.29, 0.717) is 18.7 Å². The predicted molar refractivity (Wildman–Crippen MR) is 76.4 cm³/mol. The van der Waals surface area contributed by atoms with Gasteiger partial charge in [-0.15, -0.1) is 0 Å². The summed E-state index contributed by atoms with van der Waals surface area (Å²) in [4.78, 5) is 28.4. The Bertz CT molecular complexity index is 662. The molecule has 2 heterocycles. The maximum absolute atomic E-state index is 12.4. The fourth-order valence-corrected chi connectivity index (χ4v) is 2.71. The molecule has 0 saturated carbocycles. The number of rotatable bonds is 2. The number of fused-ring (bicyclic) bond motifs is 1. The zero-order valence-corrected chi connectivity index (χ0v) is 11.3. The molecule has 1 aliphatic heterocycles. The van der Waals surface area contributed by atoms with Crippen LogP contribution in [0.4, 0.5) is 0 Å². The van der Waals surface area contributed by atoms with Gasteiger partial charge in [0.2, 0.25) is 5.91 Å². The van der Waals surface area contributed by atoms with Crippen molar-refractivity contribution >= 4 is 22.7 Å². The Morgan fingerprint density at radius 1 is 1.35 bits per heavy atom. The number of aromatic amines is 1. The summed E-state index contributed by atoms with van der Waals surface area (Å²) in [6.45, 7) is 2.78. The van der Waals surface area contributed by atoms with Gasteiger partial charge in [-0.05, 0) is 30.0 Å². The van der Waals surface area contributed by atoms with Crippen LogP contribution in [0.3, 0.4) is 0 Å². The van der Waals surface area contributed by atoms with E-state index in [1.807, 2.05) is 30.5 Å². The summed E-state index contributed by atoms with van der Waals surface area (Å²) < 4.78 is 0. The number of carbonyl (C=O) groups excluding carboxylic acids is 2. The monoisotopic (exact) mass is 271 g/mol. The molecule has 1 saturated heterocycles. The third-order valence-electron chi connectivity index (χ3n) is 3.68. The molecule has 2 N–H and O–H groups in total. The predicted octanol–water partition coefficient (Wildman–Crippen LogP) is 1.52. The van der Waals surface area contributed by atoms with Crippen molar-refractivity contribution in [1.82, 2.24) is 15.2 Å². The fourth-order valence-electron chi connectivity index (χ4n) is 2.71. The molecule has 2 amide bonds. The number of aromatic nitrogens is 1. The number of hydrogen-bond acceptors (Lipinski definition) is 2. The van der Waals surface area contributed by atoms with E-state index in [9.17, 15) is 9.59 Å². The number of nitrogens with zero attached hydrogens (tertiary/aromatic N) is 1. The van der Waals surface area contributed by atoms with Gasteiger partial charge in [-0.3, -0.25) is 9.59 Å². The highest BCUT2D eigenvalue weighted by Gasteiger charge is 2.27. The van der Waals surface area contributed by atoms with Crippen molar-refractivity contribution in [3.8, 4) is 0 Å². The minimum Gasteiger partial charge on any atom is -0.361 e. The molecule has 20 heavy (non-hydrogen) atoms. The lowest BCUT2D eigenvalue weighted by Gasteiger charge is -2.17. The average Bonchev–Trinajstić information content (AvgIpc) is 3.04. The molecule has 1 fully saturated rings. The van der Waals surface area contributed by atoms with Crippen molar-refractivity contribution in [2.75, 3.05) is 13.1 Å². The molecule has 3 rings (SSSR count). The van der Waals surface area contributed by atoms with Gasteiger partial charge >= 0.3 is 0 Å². The van der Waals surface area contributed by atoms with Crippen LogP contribution in [0, 0.1) is 0 Å². The molecule has 5 nitrogen and oxygen atoms in total. The molecule has 1 aliphatic rings. The first kappa shape index (κ1) is 12.7. The summed E-state index contributed by atoms with van der Waals surface area (Å²) in [5.74, 6) is -0.0218. The maximum atomic E-state index is 12.4. The van der Waals surface area contributed by atoms with Crippen LogP contribution < -0.4 is 5.32 Å². The lowest BCUT2D eigenvalue weighted by molar-refractivity contribution is -0.119. The number of carbonyl (C=O) groups is 2. The Balaban J connectivity index is 1.74. The van der Waals surface area contributed by atoms with Crippen molar-refractivity contribution in [3.05, 3.63) is 36.0 Å². The van der Waals surface area contributed by atoms with Gasteiger partial charge in [-0.25, -0.2) is 0 Å². The molecule has 1 unspecified atom stereocenters. The number of hydrogen-bond donors (Lipinski definition) is 2. The van der Waals surface area contributed by atoms with E-state index in [2.05, 4.69) is 10.3 Å². The summed E-state index contributed by atoms with van der Waals surface area (Å²) in [5.41, 5.74) is 1.65. The standard InChI is InChI=1S/C15H17N3O2/c1-10(19)17-13-5-7-18(9-13)15(20)12-3-2-11-4-6-16-14(11)8-12/h2-4,6,8,13,16H,5,7,9H2,1H3,(H,17,19). The van der Waals surface area contributed by atoms with Gasteiger partial charge < -0.3 is 15.2 Å². The summed E-state index contributed by atoms with van der Waals surface area (Å²) in [6.07, 6.45) is 2.68. The van der Waals surface area contributed by atoms with Crippen molar-refractivity contribution in [3.63, 3.8) is 0 Å². The summed E-state index contributed by atoms with van der Waals surface area (Å²) in [7, 11) is 0. The third-order valence-corrected chi connectivity index (χ3v) is 3.68. The molecule has 1 aromatic carbocycles. The van der Waals surface area contributed by atoms with Crippen molar-refractivity contribution in [2.45, 2.75) is 19.4 Å². The molecule has 0 bridgehead atoms. The van der Waals surface area contributed by atoms with Crippen LogP contribution in [-0.2, 0) is 4.79 Å². The molecular weight excluding hydrogens is 254 g/mol. The first-order valence-electron chi connectivity index (χ1n) is 6.77. The summed E-state index contributed by atoms with van der Waals surface area (Å²) in [6, 6.07) is 7.73. The number of likely N-dealkylation sites (tertiary alicyclic amines) is 1. The Labute approximate surface area is 117 Å². The van der Waals surface area contributed by atoms with Gasteiger partial charge in [0.05, 0.1) is 0 Å². The van der Waals surface area contributed by atoms with Gasteiger partial charge in [-0.1, -0.05) is 6.07 Å². The average molecular weight is 271 g/mol. The number of H-pyrrole nitrogens is 1. The van der Waals surface area contributed by atoms with E-state index in [4.69, 9.17) is 0 Å². The van der Waals surface area contributed by atoms with Crippen molar-refractivity contribution < 1.29 is 9.59 Å². The van der Waals surface area contributed by atoms with Crippen LogP contribution in [-0.4, -0.2) is 40.8 Å². The van der Waals surface area contributed by atoms with Crippen molar-refractivity contribution in [2.24, 2.45) is 0 Å². The van der Waals surface area contributed by atoms with Gasteiger partial charge in [0, 0.05) is 43.3 Å². The van der Waals surface area contributed by atoms with Crippen LogP contribution in [0.2, 0.25) is 0 Å². The first-order chi connectivity index (χ1) is 9.63. The minimum absolute atomic E-state index is 0.0225. The fraction of sp³-hybridized carbons (Fsp3) is 0.333. The Morgan fingerprint density at radius 3 is 3.00 bits per heavy atom. The van der Waals surface area contributed by atoms with Gasteiger partial charge in [0.25, 0.3) is 5.91 Å². The van der Waals surface area contributed by atoms with Crippen LogP contribution in [0.15, 0.2) is 30.5 Å². The lowest BCUT2D eigenvalue weighted by Crippen LogP contribution is -2.37. The van der Waals surface area contributed by atoms with Crippen LogP contribution in [0.5, 0.6) is 0 Å². The largest absolute Gasteiger partial charge is 0.361 e. The molecule has 1 atom stereocenters. The highest BCUT2D eigenvalue weighted by molar-refractivity contribution is 5.98. The van der Waals surface area contributed by atoms with Gasteiger partial charge in [0.1, 0.15) is 0 Å². The number of nitrogens with one attached hydrogen (secondary N) is 2. The normalized spacial score (nSPS) is 18.4. The Kier molecular flexibility index (Phi) is 3.18. The van der Waals surface area contributed by atoms with E-state index < -0.39 is 0 Å². The van der Waals surface area contributed by atoms with E-state index in [0.717, 1.165) is 17.3 Å². The maximum Gasteiger partial charge on any atom is 0.254 e. The Morgan fingerprint density at radius 2 is 2.20 bits per heavy atom. The number of benzene rings is 1. The quantitative estimate of drug-likeness (QED) is 0.869. The molecule has 0 aliphatic carbocycles. The zero-order valence-electron chi connectivity index (χ0n) is 11.3. The van der Waals surface area contributed by atoms with E-state index in [1.165, 1.54) is 6.92 Å². The topological polar surface area (TPSA) is 65.2 Å². The van der Waals surface area contributed by atoms with E-state index in [-0.39, 0.29) is 17.9 Å². The zero-order chi connectivity index (χ0) is 14.1. The second kappa shape index (κ2) is 5.00. The minimum atomic E-state index is -0.0443. The highest BCUT2D eigenvalue weighted by atomic mass is 16.2. The van der Waals surface area contributed by atoms with Crippen LogP contribution in [0.25, 0.3) is 10.9 Å². The summed E-state index contributed by atoms with van der Waals surface area (Å²) >= 11 is 0. The van der Waals surface area contributed by atoms with Gasteiger partial charge in [0.15, 0.2) is 0 Å². The molecule has 5 heteroatoms. The molecule has 1 aromatic heterocycles. The van der Waals surface area contributed by atoms with Gasteiger partial charge in [-0.2, -0.15) is 0 Å². The van der Waals surface area contributed by atoms with Crippen molar-refractivity contribution in [1.29, 1.82) is 0 Å². The van der Waals surface area contributed by atoms with Crippen LogP contribution in [0.1, 0.15) is 23.7 Å². The van der Waals surface area contributed by atoms with Crippen LogP contribution >= 0.6 is 0 Å². The molecular formula is C15H17N3O2. The molecule has 2 aromatic rings. The third kappa shape index (κ3) is 2.39. The SMILES string of the molecule is CC(=O)NC1CCN(C(=O)c2ccc3cc[nH]c3c2)C1. The molecule has 104 valence electrons. The first-order valence-corrected chi connectivity index (χ1v) is 6.77. The second-order valence-electron chi connectivity index (χ2n) is 5.22. The van der Waals surface area contributed by atoms with E-state index >= 15 is 0 Å². The van der Waals surface area contributed by atoms with E-state index in [1.54, 1.807) is 4.90 Å².